The second kappa shape index (κ2) is 7.52. The fraction of sp³-hybridized carbons (Fsp3) is 0.625. The minimum absolute atomic E-state index is 0.132. The Morgan fingerprint density at radius 2 is 1.89 bits per heavy atom. The Kier molecular flexibility index (Phi) is 6.34. The van der Waals surface area contributed by atoms with Crippen LogP contribution < -0.4 is 5.32 Å². The standard InChI is InChI=1S/C16H26FN/c1-12(2)8-15(11-18-13(3)4)9-14-6-5-7-16(17)10-14/h5-7,10,12-13,15,18H,8-9,11H2,1-4H3. The first-order valence-electron chi connectivity index (χ1n) is 6.95. The molecule has 18 heavy (non-hydrogen) atoms. The molecule has 0 bridgehead atoms. The maximum absolute atomic E-state index is 13.2. The van der Waals surface area contributed by atoms with Crippen molar-refractivity contribution in [3.63, 3.8) is 0 Å². The zero-order valence-corrected chi connectivity index (χ0v) is 12.0. The van der Waals surface area contributed by atoms with Crippen LogP contribution >= 0.6 is 0 Å². The average Bonchev–Trinajstić information content (AvgIpc) is 2.25. The Balaban J connectivity index is 2.59. The summed E-state index contributed by atoms with van der Waals surface area (Å²) >= 11 is 0. The van der Waals surface area contributed by atoms with Crippen LogP contribution in [-0.2, 0) is 6.42 Å². The Morgan fingerprint density at radius 1 is 1.17 bits per heavy atom. The van der Waals surface area contributed by atoms with Gasteiger partial charge in [-0.1, -0.05) is 39.8 Å². The number of halogens is 1. The Bertz CT molecular complexity index is 347. The van der Waals surface area contributed by atoms with E-state index in [1.165, 1.54) is 12.5 Å². The molecule has 0 radical (unpaired) electrons. The van der Waals surface area contributed by atoms with Crippen LogP contribution in [0.4, 0.5) is 4.39 Å². The third-order valence-electron chi connectivity index (χ3n) is 3.03. The van der Waals surface area contributed by atoms with Crippen LogP contribution in [0, 0.1) is 17.7 Å². The molecule has 0 aliphatic rings. The van der Waals surface area contributed by atoms with Crippen LogP contribution in [0.25, 0.3) is 0 Å². The van der Waals surface area contributed by atoms with E-state index in [0.717, 1.165) is 18.5 Å². The third-order valence-corrected chi connectivity index (χ3v) is 3.03. The molecule has 0 aliphatic heterocycles. The average molecular weight is 251 g/mol. The molecule has 1 rings (SSSR count). The zero-order valence-electron chi connectivity index (χ0n) is 12.0. The van der Waals surface area contributed by atoms with Crippen molar-refractivity contribution < 1.29 is 4.39 Å². The van der Waals surface area contributed by atoms with Crippen LogP contribution in [-0.4, -0.2) is 12.6 Å². The van der Waals surface area contributed by atoms with Gasteiger partial charge in [0.1, 0.15) is 5.82 Å². The Labute approximate surface area is 111 Å². The normalized spacial score (nSPS) is 13.3. The van der Waals surface area contributed by atoms with E-state index in [-0.39, 0.29) is 5.82 Å². The minimum Gasteiger partial charge on any atom is -0.314 e. The lowest BCUT2D eigenvalue weighted by atomic mass is 9.90. The highest BCUT2D eigenvalue weighted by Gasteiger charge is 2.12. The molecule has 1 aromatic carbocycles. The minimum atomic E-state index is -0.132. The lowest BCUT2D eigenvalue weighted by molar-refractivity contribution is 0.372. The SMILES string of the molecule is CC(C)CC(CNC(C)C)Cc1cccc(F)c1. The van der Waals surface area contributed by atoms with Gasteiger partial charge in [-0.2, -0.15) is 0 Å². The number of benzene rings is 1. The summed E-state index contributed by atoms with van der Waals surface area (Å²) in [4.78, 5) is 0. The molecule has 0 spiro atoms. The molecular weight excluding hydrogens is 225 g/mol. The van der Waals surface area contributed by atoms with E-state index in [2.05, 4.69) is 33.0 Å². The number of hydrogen-bond acceptors (Lipinski definition) is 1. The van der Waals surface area contributed by atoms with Crippen LogP contribution in [0.15, 0.2) is 24.3 Å². The molecule has 2 heteroatoms. The van der Waals surface area contributed by atoms with Crippen molar-refractivity contribution in [1.29, 1.82) is 0 Å². The van der Waals surface area contributed by atoms with Crippen molar-refractivity contribution in [2.45, 2.75) is 46.6 Å². The molecule has 1 aromatic rings. The van der Waals surface area contributed by atoms with Gasteiger partial charge >= 0.3 is 0 Å². The molecule has 1 N–H and O–H groups in total. The molecule has 0 aliphatic carbocycles. The van der Waals surface area contributed by atoms with Gasteiger partial charge in [0.05, 0.1) is 0 Å². The molecule has 0 aromatic heterocycles. The van der Waals surface area contributed by atoms with Crippen molar-refractivity contribution >= 4 is 0 Å². The summed E-state index contributed by atoms with van der Waals surface area (Å²) in [6.07, 6.45) is 2.13. The number of rotatable bonds is 7. The van der Waals surface area contributed by atoms with Gasteiger partial charge < -0.3 is 5.32 Å². The third kappa shape index (κ3) is 6.15. The zero-order chi connectivity index (χ0) is 13.5. The van der Waals surface area contributed by atoms with E-state index < -0.39 is 0 Å². The molecule has 0 saturated carbocycles. The molecule has 0 amide bonds. The highest BCUT2D eigenvalue weighted by Crippen LogP contribution is 2.17. The molecular formula is C16H26FN. The summed E-state index contributed by atoms with van der Waals surface area (Å²) in [5.41, 5.74) is 1.10. The monoisotopic (exact) mass is 251 g/mol. The molecule has 1 unspecified atom stereocenters. The fourth-order valence-corrected chi connectivity index (χ4v) is 2.31. The molecule has 0 saturated heterocycles. The summed E-state index contributed by atoms with van der Waals surface area (Å²) in [6, 6.07) is 7.49. The van der Waals surface area contributed by atoms with Gasteiger partial charge in [0.25, 0.3) is 0 Å². The predicted octanol–water partition coefficient (Wildman–Crippen LogP) is 4.03. The first kappa shape index (κ1) is 15.2. The predicted molar refractivity (Wildman–Crippen MR) is 76.2 cm³/mol. The van der Waals surface area contributed by atoms with Crippen molar-refractivity contribution in [3.8, 4) is 0 Å². The van der Waals surface area contributed by atoms with Crippen LogP contribution in [0.5, 0.6) is 0 Å². The molecule has 1 nitrogen and oxygen atoms in total. The van der Waals surface area contributed by atoms with Gasteiger partial charge in [-0.05, 0) is 48.9 Å². The fourth-order valence-electron chi connectivity index (χ4n) is 2.31. The summed E-state index contributed by atoms with van der Waals surface area (Å²) in [7, 11) is 0. The largest absolute Gasteiger partial charge is 0.314 e. The van der Waals surface area contributed by atoms with E-state index in [9.17, 15) is 4.39 Å². The van der Waals surface area contributed by atoms with Gasteiger partial charge in [-0.15, -0.1) is 0 Å². The Morgan fingerprint density at radius 3 is 2.44 bits per heavy atom. The molecule has 0 heterocycles. The maximum Gasteiger partial charge on any atom is 0.123 e. The first-order valence-corrected chi connectivity index (χ1v) is 6.95. The van der Waals surface area contributed by atoms with Crippen molar-refractivity contribution in [3.05, 3.63) is 35.6 Å². The van der Waals surface area contributed by atoms with E-state index in [0.29, 0.717) is 17.9 Å². The van der Waals surface area contributed by atoms with Crippen molar-refractivity contribution in [1.82, 2.24) is 5.32 Å². The smallest absolute Gasteiger partial charge is 0.123 e. The lowest BCUT2D eigenvalue weighted by Gasteiger charge is -2.21. The highest BCUT2D eigenvalue weighted by molar-refractivity contribution is 5.16. The molecule has 1 atom stereocenters. The molecule has 0 fully saturated rings. The maximum atomic E-state index is 13.2. The second-order valence-electron chi connectivity index (χ2n) is 5.89. The van der Waals surface area contributed by atoms with Crippen LogP contribution in [0.3, 0.4) is 0 Å². The van der Waals surface area contributed by atoms with Gasteiger partial charge in [-0.3, -0.25) is 0 Å². The summed E-state index contributed by atoms with van der Waals surface area (Å²) in [5, 5.41) is 3.49. The van der Waals surface area contributed by atoms with E-state index in [4.69, 9.17) is 0 Å². The number of nitrogens with one attached hydrogen (secondary N) is 1. The van der Waals surface area contributed by atoms with Crippen LogP contribution in [0.2, 0.25) is 0 Å². The second-order valence-corrected chi connectivity index (χ2v) is 5.89. The summed E-state index contributed by atoms with van der Waals surface area (Å²) in [6.45, 7) is 9.82. The number of hydrogen-bond donors (Lipinski definition) is 1. The van der Waals surface area contributed by atoms with Crippen LogP contribution in [0.1, 0.15) is 39.7 Å². The van der Waals surface area contributed by atoms with Gasteiger partial charge in [0.2, 0.25) is 0 Å². The highest BCUT2D eigenvalue weighted by atomic mass is 19.1. The quantitative estimate of drug-likeness (QED) is 0.771. The topological polar surface area (TPSA) is 12.0 Å². The van der Waals surface area contributed by atoms with E-state index in [1.54, 1.807) is 12.1 Å². The van der Waals surface area contributed by atoms with E-state index in [1.807, 2.05) is 6.07 Å². The van der Waals surface area contributed by atoms with Gasteiger partial charge in [0.15, 0.2) is 0 Å². The van der Waals surface area contributed by atoms with Gasteiger partial charge in [0, 0.05) is 6.04 Å². The van der Waals surface area contributed by atoms with E-state index >= 15 is 0 Å². The summed E-state index contributed by atoms with van der Waals surface area (Å²) in [5.74, 6) is 1.12. The first-order chi connectivity index (χ1) is 8.47. The van der Waals surface area contributed by atoms with Crippen molar-refractivity contribution in [2.75, 3.05) is 6.54 Å². The molecule has 102 valence electrons. The Hall–Kier alpha value is -0.890. The van der Waals surface area contributed by atoms with Gasteiger partial charge in [-0.25, -0.2) is 4.39 Å². The van der Waals surface area contributed by atoms with Crippen molar-refractivity contribution in [2.24, 2.45) is 11.8 Å². The summed E-state index contributed by atoms with van der Waals surface area (Å²) < 4.78 is 13.2. The lowest BCUT2D eigenvalue weighted by Crippen LogP contribution is -2.30.